The fourth-order valence-electron chi connectivity index (χ4n) is 1.55. The van der Waals surface area contributed by atoms with E-state index in [9.17, 15) is 12.8 Å². The van der Waals surface area contributed by atoms with Gasteiger partial charge < -0.3 is 10.1 Å². The summed E-state index contributed by atoms with van der Waals surface area (Å²) in [6.07, 6.45) is 0. The predicted octanol–water partition coefficient (Wildman–Crippen LogP) is 1.11. The Balaban J connectivity index is 2.83. The van der Waals surface area contributed by atoms with Crippen LogP contribution in [0.5, 0.6) is 5.75 Å². The maximum atomic E-state index is 13.2. The first-order valence-corrected chi connectivity index (χ1v) is 7.45. The van der Waals surface area contributed by atoms with E-state index in [1.54, 1.807) is 0 Å². The van der Waals surface area contributed by atoms with E-state index in [1.807, 2.05) is 13.8 Å². The molecule has 0 spiro atoms. The maximum Gasteiger partial charge on any atom is 0.240 e. The van der Waals surface area contributed by atoms with Crippen molar-refractivity contribution in [2.45, 2.75) is 24.8 Å². The van der Waals surface area contributed by atoms with Crippen molar-refractivity contribution in [2.24, 2.45) is 0 Å². The monoisotopic (exact) mass is 290 g/mol. The molecule has 0 bridgehead atoms. The van der Waals surface area contributed by atoms with Gasteiger partial charge in [-0.15, -0.1) is 0 Å². The van der Waals surface area contributed by atoms with Crippen LogP contribution in [0.15, 0.2) is 23.1 Å². The molecule has 0 aliphatic rings. The van der Waals surface area contributed by atoms with E-state index < -0.39 is 15.8 Å². The first kappa shape index (κ1) is 15.9. The van der Waals surface area contributed by atoms with Crippen molar-refractivity contribution in [3.8, 4) is 5.75 Å². The highest BCUT2D eigenvalue weighted by molar-refractivity contribution is 7.89. The highest BCUT2D eigenvalue weighted by Gasteiger charge is 2.17. The lowest BCUT2D eigenvalue weighted by atomic mass is 10.3. The van der Waals surface area contributed by atoms with Crippen molar-refractivity contribution >= 4 is 10.0 Å². The molecule has 0 aliphatic carbocycles. The average Bonchev–Trinajstić information content (AvgIpc) is 2.37. The third-order valence-electron chi connectivity index (χ3n) is 2.57. The number of methoxy groups -OCH3 is 1. The molecule has 1 atom stereocenters. The summed E-state index contributed by atoms with van der Waals surface area (Å²) < 4.78 is 44.5. The molecular formula is C12H19FN2O3S. The molecule has 1 aromatic carbocycles. The molecular weight excluding hydrogens is 271 g/mol. The Kier molecular flexibility index (Phi) is 5.71. The fraction of sp³-hybridized carbons (Fsp3) is 0.500. The first-order chi connectivity index (χ1) is 8.90. The van der Waals surface area contributed by atoms with E-state index in [2.05, 4.69) is 10.0 Å². The minimum atomic E-state index is -3.66. The van der Waals surface area contributed by atoms with Crippen molar-refractivity contribution < 1.29 is 17.5 Å². The standard InChI is InChI=1S/C12H19FN2O3S/c1-4-14-9(2)8-15-19(16,17)10-5-6-11(13)12(7-10)18-3/h5-7,9,14-15H,4,8H2,1-3H3/t9-/m1/s1. The van der Waals surface area contributed by atoms with Gasteiger partial charge in [0.25, 0.3) is 0 Å². The van der Waals surface area contributed by atoms with Gasteiger partial charge in [0.1, 0.15) is 0 Å². The van der Waals surface area contributed by atoms with E-state index in [0.717, 1.165) is 18.7 Å². The lowest BCUT2D eigenvalue weighted by Gasteiger charge is -2.14. The van der Waals surface area contributed by atoms with Gasteiger partial charge in [-0.2, -0.15) is 0 Å². The number of sulfonamides is 1. The minimum absolute atomic E-state index is 0.0159. The summed E-state index contributed by atoms with van der Waals surface area (Å²) >= 11 is 0. The zero-order valence-electron chi connectivity index (χ0n) is 11.2. The number of nitrogens with one attached hydrogen (secondary N) is 2. The summed E-state index contributed by atoms with van der Waals surface area (Å²) in [6, 6.07) is 3.46. The Morgan fingerprint density at radius 1 is 1.42 bits per heavy atom. The minimum Gasteiger partial charge on any atom is -0.494 e. The van der Waals surface area contributed by atoms with E-state index in [4.69, 9.17) is 4.74 Å². The average molecular weight is 290 g/mol. The SMILES string of the molecule is CCN[C@H](C)CNS(=O)(=O)c1ccc(F)c(OC)c1. The van der Waals surface area contributed by atoms with Gasteiger partial charge in [0.15, 0.2) is 11.6 Å². The van der Waals surface area contributed by atoms with Crippen LogP contribution in [0, 0.1) is 5.82 Å². The van der Waals surface area contributed by atoms with Gasteiger partial charge in [-0.25, -0.2) is 17.5 Å². The molecule has 0 aliphatic heterocycles. The number of rotatable bonds is 7. The molecule has 0 unspecified atom stereocenters. The van der Waals surface area contributed by atoms with Crippen LogP contribution >= 0.6 is 0 Å². The molecule has 1 aromatic rings. The first-order valence-electron chi connectivity index (χ1n) is 5.97. The summed E-state index contributed by atoms with van der Waals surface area (Å²) in [5.74, 6) is -0.690. The molecule has 0 radical (unpaired) electrons. The molecule has 1 rings (SSSR count). The second kappa shape index (κ2) is 6.83. The normalized spacial score (nSPS) is 13.3. The highest BCUT2D eigenvalue weighted by Crippen LogP contribution is 2.21. The van der Waals surface area contributed by atoms with Crippen LogP contribution in [0.2, 0.25) is 0 Å². The van der Waals surface area contributed by atoms with E-state index in [-0.39, 0.29) is 23.2 Å². The smallest absolute Gasteiger partial charge is 0.240 e. The van der Waals surface area contributed by atoms with Crippen LogP contribution in [0.3, 0.4) is 0 Å². The Bertz CT molecular complexity index is 520. The van der Waals surface area contributed by atoms with Crippen molar-refractivity contribution in [3.05, 3.63) is 24.0 Å². The zero-order chi connectivity index (χ0) is 14.5. The van der Waals surface area contributed by atoms with Crippen molar-refractivity contribution in [2.75, 3.05) is 20.2 Å². The third kappa shape index (κ3) is 4.45. The molecule has 0 amide bonds. The molecule has 0 saturated heterocycles. The van der Waals surface area contributed by atoms with Crippen molar-refractivity contribution in [1.29, 1.82) is 0 Å². The van der Waals surface area contributed by atoms with E-state index in [1.165, 1.54) is 13.2 Å². The Morgan fingerprint density at radius 2 is 2.11 bits per heavy atom. The van der Waals surface area contributed by atoms with Gasteiger partial charge >= 0.3 is 0 Å². The summed E-state index contributed by atoms with van der Waals surface area (Å²) in [4.78, 5) is -0.0190. The van der Waals surface area contributed by atoms with Gasteiger partial charge in [-0.05, 0) is 25.6 Å². The van der Waals surface area contributed by atoms with Crippen LogP contribution in [0.25, 0.3) is 0 Å². The second-order valence-electron chi connectivity index (χ2n) is 4.11. The van der Waals surface area contributed by atoms with Gasteiger partial charge in [-0.3, -0.25) is 0 Å². The second-order valence-corrected chi connectivity index (χ2v) is 5.87. The van der Waals surface area contributed by atoms with Crippen LogP contribution < -0.4 is 14.8 Å². The quantitative estimate of drug-likeness (QED) is 0.789. The molecule has 0 aromatic heterocycles. The number of likely N-dealkylation sites (N-methyl/N-ethyl adjacent to an activating group) is 1. The maximum absolute atomic E-state index is 13.2. The molecule has 2 N–H and O–H groups in total. The Labute approximate surface area is 113 Å². The van der Waals surface area contributed by atoms with Gasteiger partial charge in [0.05, 0.1) is 12.0 Å². The summed E-state index contributed by atoms with van der Waals surface area (Å²) in [7, 11) is -2.37. The summed E-state index contributed by atoms with van der Waals surface area (Å²) in [5, 5.41) is 3.09. The highest BCUT2D eigenvalue weighted by atomic mass is 32.2. The van der Waals surface area contributed by atoms with Crippen molar-refractivity contribution in [3.63, 3.8) is 0 Å². The lowest BCUT2D eigenvalue weighted by Crippen LogP contribution is -2.38. The molecule has 108 valence electrons. The number of hydrogen-bond donors (Lipinski definition) is 2. The van der Waals surface area contributed by atoms with Gasteiger partial charge in [0, 0.05) is 18.7 Å². The van der Waals surface area contributed by atoms with Gasteiger partial charge in [-0.1, -0.05) is 6.92 Å². The van der Waals surface area contributed by atoms with Crippen molar-refractivity contribution in [1.82, 2.24) is 10.0 Å². The van der Waals surface area contributed by atoms with Crippen LogP contribution in [0.1, 0.15) is 13.8 Å². The van der Waals surface area contributed by atoms with Crippen LogP contribution in [0.4, 0.5) is 4.39 Å². The molecule has 7 heteroatoms. The largest absolute Gasteiger partial charge is 0.494 e. The van der Waals surface area contributed by atoms with Crippen LogP contribution in [-0.2, 0) is 10.0 Å². The lowest BCUT2D eigenvalue weighted by molar-refractivity contribution is 0.385. The Morgan fingerprint density at radius 3 is 2.68 bits per heavy atom. The zero-order valence-corrected chi connectivity index (χ0v) is 12.1. The Hall–Kier alpha value is -1.18. The van der Waals surface area contributed by atoms with Gasteiger partial charge in [0.2, 0.25) is 10.0 Å². The fourth-order valence-corrected chi connectivity index (χ4v) is 2.69. The predicted molar refractivity (Wildman–Crippen MR) is 71.3 cm³/mol. The van der Waals surface area contributed by atoms with Crippen LogP contribution in [-0.4, -0.2) is 34.7 Å². The molecule has 0 fully saturated rings. The number of benzene rings is 1. The molecule has 0 saturated carbocycles. The number of ether oxygens (including phenoxy) is 1. The molecule has 19 heavy (non-hydrogen) atoms. The van der Waals surface area contributed by atoms with E-state index >= 15 is 0 Å². The summed E-state index contributed by atoms with van der Waals surface area (Å²) in [5.41, 5.74) is 0. The molecule has 0 heterocycles. The molecule has 5 nitrogen and oxygen atoms in total. The number of hydrogen-bond acceptors (Lipinski definition) is 4. The topological polar surface area (TPSA) is 67.4 Å². The summed E-state index contributed by atoms with van der Waals surface area (Å²) in [6.45, 7) is 4.83. The number of halogens is 1. The van der Waals surface area contributed by atoms with E-state index in [0.29, 0.717) is 0 Å². The third-order valence-corrected chi connectivity index (χ3v) is 3.99.